The van der Waals surface area contributed by atoms with Gasteiger partial charge in [0.05, 0.1) is 18.2 Å². The van der Waals surface area contributed by atoms with Crippen molar-refractivity contribution in [1.29, 1.82) is 0 Å². The number of aliphatic hydroxyl groups is 2. The molecule has 0 bridgehead atoms. The summed E-state index contributed by atoms with van der Waals surface area (Å²) in [7, 11) is 0. The molecule has 0 radical (unpaired) electrons. The van der Waals surface area contributed by atoms with E-state index in [-0.39, 0.29) is 31.1 Å². The molecule has 1 rings (SSSR count). The van der Waals surface area contributed by atoms with Gasteiger partial charge in [0.1, 0.15) is 23.9 Å². The number of aromatic hydroxyl groups is 1. The highest BCUT2D eigenvalue weighted by atomic mass is 16.4. The van der Waals surface area contributed by atoms with Crippen LogP contribution in [0, 0.1) is 0 Å². The van der Waals surface area contributed by atoms with Crippen LogP contribution in [0.3, 0.4) is 0 Å². The number of rotatable bonds is 15. The lowest BCUT2D eigenvalue weighted by Gasteiger charge is -2.27. The Balaban J connectivity index is 2.87. The summed E-state index contributed by atoms with van der Waals surface area (Å²) in [5, 5.41) is 45.9. The molecular weight excluding hydrogens is 502 g/mol. The molecule has 0 saturated heterocycles. The second-order valence-electron chi connectivity index (χ2n) is 8.78. The molecule has 0 aliphatic carbocycles. The van der Waals surface area contributed by atoms with E-state index >= 15 is 0 Å². The number of carbonyl (C=O) groups is 4. The molecule has 1 aromatic rings. The maximum absolute atomic E-state index is 12.8. The first kappa shape index (κ1) is 32.1. The lowest BCUT2D eigenvalue weighted by molar-refractivity contribution is -0.143. The van der Waals surface area contributed by atoms with E-state index in [9.17, 15) is 39.6 Å². The van der Waals surface area contributed by atoms with Crippen LogP contribution in [0.15, 0.2) is 29.3 Å². The number of benzene rings is 1. The molecule has 6 atom stereocenters. The Labute approximate surface area is 219 Å². The summed E-state index contributed by atoms with van der Waals surface area (Å²) < 4.78 is 0. The number of aliphatic carboxylic acids is 1. The standard InChI is InChI=1S/C23H37N7O8/c1-11(31)17(20(35)28-16(22(37)38)10-13-5-7-14(33)8-6-13)30-21(36)18(12(2)32)29-19(34)15(24)4-3-9-27-23(25)26/h5-8,11-12,15-18,31-33H,3-4,9-10,24H2,1-2H3,(H,28,35)(H,29,34)(H,30,36)(H,37,38)(H4,25,26,27). The number of aliphatic hydroxyl groups excluding tert-OH is 2. The summed E-state index contributed by atoms with van der Waals surface area (Å²) in [6.07, 6.45) is -2.48. The molecule has 15 heteroatoms. The third-order valence-corrected chi connectivity index (χ3v) is 5.42. The zero-order valence-electron chi connectivity index (χ0n) is 21.2. The van der Waals surface area contributed by atoms with Crippen molar-refractivity contribution >= 4 is 29.7 Å². The number of nitrogens with two attached hydrogens (primary N) is 3. The number of phenols is 1. The fraction of sp³-hybridized carbons (Fsp3) is 0.522. The number of nitrogens with one attached hydrogen (secondary N) is 3. The quantitative estimate of drug-likeness (QED) is 0.0596. The first-order valence-corrected chi connectivity index (χ1v) is 11.8. The number of phenolic OH excluding ortho intramolecular Hbond substituents is 1. The maximum atomic E-state index is 12.8. The van der Waals surface area contributed by atoms with E-state index in [4.69, 9.17) is 17.2 Å². The van der Waals surface area contributed by atoms with Crippen LogP contribution in [0.2, 0.25) is 0 Å². The van der Waals surface area contributed by atoms with Crippen molar-refractivity contribution in [3.8, 4) is 5.75 Å². The Morgan fingerprint density at radius 2 is 1.39 bits per heavy atom. The molecule has 0 spiro atoms. The Hall–Kier alpha value is -3.95. The first-order valence-electron chi connectivity index (χ1n) is 11.8. The van der Waals surface area contributed by atoms with Crippen molar-refractivity contribution in [2.45, 2.75) is 69.5 Å². The molecule has 1 aromatic carbocycles. The molecule has 13 N–H and O–H groups in total. The SMILES string of the molecule is CC(O)C(NC(=O)C(N)CCCN=C(N)N)C(=O)NC(C(=O)NC(Cc1ccc(O)cc1)C(=O)O)C(C)O. The summed E-state index contributed by atoms with van der Waals surface area (Å²) in [6, 6.07) is 0.0486. The zero-order chi connectivity index (χ0) is 29.0. The number of guanidine groups is 1. The molecule has 0 aromatic heterocycles. The molecule has 0 aliphatic heterocycles. The van der Waals surface area contributed by atoms with Crippen LogP contribution in [0.25, 0.3) is 0 Å². The van der Waals surface area contributed by atoms with Gasteiger partial charge < -0.3 is 53.6 Å². The van der Waals surface area contributed by atoms with Gasteiger partial charge in [0.25, 0.3) is 0 Å². The predicted molar refractivity (Wildman–Crippen MR) is 136 cm³/mol. The van der Waals surface area contributed by atoms with Crippen LogP contribution in [0.1, 0.15) is 32.3 Å². The van der Waals surface area contributed by atoms with Crippen molar-refractivity contribution in [3.05, 3.63) is 29.8 Å². The predicted octanol–water partition coefficient (Wildman–Crippen LogP) is -3.38. The van der Waals surface area contributed by atoms with Crippen molar-refractivity contribution in [2.75, 3.05) is 6.54 Å². The molecule has 0 fully saturated rings. The van der Waals surface area contributed by atoms with Crippen molar-refractivity contribution in [2.24, 2.45) is 22.2 Å². The average molecular weight is 540 g/mol. The lowest BCUT2D eigenvalue weighted by Crippen LogP contribution is -2.62. The van der Waals surface area contributed by atoms with Gasteiger partial charge in [-0.15, -0.1) is 0 Å². The molecular formula is C23H37N7O8. The van der Waals surface area contributed by atoms with E-state index in [2.05, 4.69) is 20.9 Å². The summed E-state index contributed by atoms with van der Waals surface area (Å²) in [5.41, 5.74) is 16.8. The number of nitrogens with zero attached hydrogens (tertiary/aromatic N) is 1. The van der Waals surface area contributed by atoms with E-state index in [1.165, 1.54) is 38.1 Å². The normalized spacial score (nSPS) is 15.6. The van der Waals surface area contributed by atoms with Gasteiger partial charge in [0.15, 0.2) is 5.96 Å². The van der Waals surface area contributed by atoms with Gasteiger partial charge in [0, 0.05) is 13.0 Å². The van der Waals surface area contributed by atoms with Gasteiger partial charge in [-0.2, -0.15) is 0 Å². The largest absolute Gasteiger partial charge is 0.508 e. The summed E-state index contributed by atoms with van der Waals surface area (Å²) >= 11 is 0. The van der Waals surface area contributed by atoms with Crippen LogP contribution in [0.4, 0.5) is 0 Å². The summed E-state index contributed by atoms with van der Waals surface area (Å²) in [6.45, 7) is 2.66. The smallest absolute Gasteiger partial charge is 0.326 e. The van der Waals surface area contributed by atoms with Gasteiger partial charge in [-0.3, -0.25) is 19.4 Å². The molecule has 38 heavy (non-hydrogen) atoms. The Bertz CT molecular complexity index is 980. The zero-order valence-corrected chi connectivity index (χ0v) is 21.2. The third-order valence-electron chi connectivity index (χ3n) is 5.42. The number of hydrogen-bond donors (Lipinski definition) is 10. The Morgan fingerprint density at radius 1 is 0.895 bits per heavy atom. The minimum atomic E-state index is -1.62. The highest BCUT2D eigenvalue weighted by Crippen LogP contribution is 2.12. The van der Waals surface area contributed by atoms with E-state index in [0.717, 1.165) is 0 Å². The lowest BCUT2D eigenvalue weighted by atomic mass is 10.0. The minimum absolute atomic E-state index is 0.0202. The third kappa shape index (κ3) is 11.0. The van der Waals surface area contributed by atoms with Gasteiger partial charge in [0.2, 0.25) is 17.7 Å². The number of carboxylic acid groups (broad SMARTS) is 1. The van der Waals surface area contributed by atoms with Crippen LogP contribution >= 0.6 is 0 Å². The highest BCUT2D eigenvalue weighted by molar-refractivity contribution is 5.94. The van der Waals surface area contributed by atoms with Gasteiger partial charge in [-0.05, 0) is 44.4 Å². The highest BCUT2D eigenvalue weighted by Gasteiger charge is 2.34. The number of carbonyl (C=O) groups excluding carboxylic acids is 3. The molecule has 0 saturated carbocycles. The molecule has 6 unspecified atom stereocenters. The average Bonchev–Trinajstić information content (AvgIpc) is 2.83. The number of aliphatic imine (C=N–C) groups is 1. The number of amides is 3. The molecule has 0 heterocycles. The topological polar surface area (TPSA) is 276 Å². The van der Waals surface area contributed by atoms with Crippen LogP contribution in [-0.4, -0.2) is 93.0 Å². The van der Waals surface area contributed by atoms with Gasteiger partial charge >= 0.3 is 5.97 Å². The fourth-order valence-electron chi connectivity index (χ4n) is 3.29. The molecule has 0 aliphatic rings. The van der Waals surface area contributed by atoms with E-state index in [1.807, 2.05) is 0 Å². The van der Waals surface area contributed by atoms with Gasteiger partial charge in [-0.1, -0.05) is 12.1 Å². The minimum Gasteiger partial charge on any atom is -0.508 e. The van der Waals surface area contributed by atoms with E-state index in [0.29, 0.717) is 12.0 Å². The second-order valence-corrected chi connectivity index (χ2v) is 8.78. The first-order chi connectivity index (χ1) is 17.7. The van der Waals surface area contributed by atoms with Crippen molar-refractivity contribution in [1.82, 2.24) is 16.0 Å². The fourth-order valence-corrected chi connectivity index (χ4v) is 3.29. The Kier molecular flexibility index (Phi) is 12.9. The second kappa shape index (κ2) is 15.3. The van der Waals surface area contributed by atoms with Crippen molar-refractivity contribution in [3.63, 3.8) is 0 Å². The van der Waals surface area contributed by atoms with Crippen LogP contribution < -0.4 is 33.2 Å². The maximum Gasteiger partial charge on any atom is 0.326 e. The van der Waals surface area contributed by atoms with Crippen molar-refractivity contribution < 1.29 is 39.6 Å². The monoisotopic (exact) mass is 539 g/mol. The van der Waals surface area contributed by atoms with E-state index in [1.54, 1.807) is 0 Å². The van der Waals surface area contributed by atoms with Crippen LogP contribution in [-0.2, 0) is 25.6 Å². The summed E-state index contributed by atoms with van der Waals surface area (Å²) in [5.74, 6) is -4.27. The molecule has 3 amide bonds. The van der Waals surface area contributed by atoms with Gasteiger partial charge in [-0.25, -0.2) is 4.79 Å². The molecule has 212 valence electrons. The molecule has 15 nitrogen and oxygen atoms in total. The number of hydrogen-bond acceptors (Lipinski definition) is 9. The Morgan fingerprint density at radius 3 is 1.87 bits per heavy atom. The van der Waals surface area contributed by atoms with E-state index < -0.39 is 60.1 Å². The number of carboxylic acids is 1. The van der Waals surface area contributed by atoms with Crippen LogP contribution in [0.5, 0.6) is 5.75 Å². The summed E-state index contributed by atoms with van der Waals surface area (Å²) in [4.78, 5) is 53.6.